The van der Waals surface area contributed by atoms with Crippen LogP contribution in [0, 0.1) is 0 Å². The molecule has 6 heteroatoms. The molecule has 1 unspecified atom stereocenters. The van der Waals surface area contributed by atoms with Crippen molar-refractivity contribution in [2.24, 2.45) is 0 Å². The highest BCUT2D eigenvalue weighted by Crippen LogP contribution is 2.40. The largest absolute Gasteiger partial charge is 0.493 e. The summed E-state index contributed by atoms with van der Waals surface area (Å²) in [6.07, 6.45) is 5.87. The van der Waals surface area contributed by atoms with Crippen molar-refractivity contribution in [1.82, 2.24) is 0 Å². The molecule has 0 amide bonds. The maximum atomic E-state index is 14.9. The van der Waals surface area contributed by atoms with Gasteiger partial charge in [0.2, 0.25) is 0 Å². The number of unbranched alkanes of at least 4 members (excludes halogenated alkanes) is 1. The molecule has 0 spiro atoms. The first kappa shape index (κ1) is 27.5. The van der Waals surface area contributed by atoms with Crippen molar-refractivity contribution in [3.05, 3.63) is 77.1 Å². The Morgan fingerprint density at radius 2 is 1.94 bits per heavy atom. The second-order valence-electron chi connectivity index (χ2n) is 9.43. The summed E-state index contributed by atoms with van der Waals surface area (Å²) in [6, 6.07) is 13.5. The predicted octanol–water partition coefficient (Wildman–Crippen LogP) is 7.16. The molecule has 0 aliphatic heterocycles. The molecule has 194 valence electrons. The molecule has 2 aromatic rings. The van der Waals surface area contributed by atoms with Crippen molar-refractivity contribution in [1.29, 1.82) is 0 Å². The molecule has 0 saturated carbocycles. The van der Waals surface area contributed by atoms with Gasteiger partial charge in [-0.25, -0.2) is 4.39 Å². The van der Waals surface area contributed by atoms with E-state index in [1.54, 1.807) is 13.2 Å². The number of hydrogen-bond acceptors (Lipinski definition) is 5. The van der Waals surface area contributed by atoms with Crippen LogP contribution in [0.1, 0.15) is 69.1 Å². The van der Waals surface area contributed by atoms with E-state index in [1.807, 2.05) is 56.3 Å². The molecule has 0 bridgehead atoms. The normalized spacial score (nSPS) is 18.2. The van der Waals surface area contributed by atoms with Crippen molar-refractivity contribution in [3.63, 3.8) is 0 Å². The highest BCUT2D eigenvalue weighted by atomic mass is 19.1. The van der Waals surface area contributed by atoms with Gasteiger partial charge in [-0.05, 0) is 60.7 Å². The van der Waals surface area contributed by atoms with Crippen molar-refractivity contribution >= 4 is 11.5 Å². The van der Waals surface area contributed by atoms with E-state index < -0.39 is 5.60 Å². The smallest absolute Gasteiger partial charge is 0.306 e. The Kier molecular flexibility index (Phi) is 9.71. The molecule has 0 fully saturated rings. The van der Waals surface area contributed by atoms with Crippen LogP contribution in [0.5, 0.6) is 11.5 Å². The van der Waals surface area contributed by atoms with E-state index in [1.165, 1.54) is 13.2 Å². The van der Waals surface area contributed by atoms with Crippen LogP contribution in [0.3, 0.4) is 0 Å². The quantitative estimate of drug-likeness (QED) is 0.231. The standard InChI is InChI=1S/C30H37FO5/c1-6-7-15-35-28-17-22(11-12-25(28)26-19-30(3,34-5)14-13-27(26)31)20-36-24-10-8-9-23(18-24)21(2)16-29(32)33-4/h8-14,17-18,21H,6-7,15-16,19-20H2,1-5H3/t21-,30?/m1/s1. The molecule has 36 heavy (non-hydrogen) atoms. The average Bonchev–Trinajstić information content (AvgIpc) is 2.89. The molecule has 0 saturated heterocycles. The third-order valence-corrected chi connectivity index (χ3v) is 6.52. The zero-order valence-electron chi connectivity index (χ0n) is 21.9. The molecule has 0 aromatic heterocycles. The summed E-state index contributed by atoms with van der Waals surface area (Å²) in [6.45, 7) is 6.91. The first-order valence-corrected chi connectivity index (χ1v) is 12.5. The fraction of sp³-hybridized carbons (Fsp3) is 0.433. The van der Waals surface area contributed by atoms with Gasteiger partial charge in [0.05, 0.1) is 25.7 Å². The molecule has 1 aliphatic carbocycles. The Hall–Kier alpha value is -3.12. The van der Waals surface area contributed by atoms with Crippen molar-refractivity contribution in [2.45, 2.75) is 64.6 Å². The van der Waals surface area contributed by atoms with Gasteiger partial charge >= 0.3 is 5.97 Å². The van der Waals surface area contributed by atoms with Gasteiger partial charge < -0.3 is 18.9 Å². The Balaban J connectivity index is 1.80. The summed E-state index contributed by atoms with van der Waals surface area (Å²) in [5.74, 6) is 0.860. The number of ether oxygens (including phenoxy) is 4. The van der Waals surface area contributed by atoms with Crippen LogP contribution < -0.4 is 9.47 Å². The first-order chi connectivity index (χ1) is 17.3. The zero-order valence-corrected chi connectivity index (χ0v) is 21.9. The number of benzene rings is 2. The summed E-state index contributed by atoms with van der Waals surface area (Å²) in [7, 11) is 3.03. The second-order valence-corrected chi connectivity index (χ2v) is 9.43. The highest BCUT2D eigenvalue weighted by Gasteiger charge is 2.29. The van der Waals surface area contributed by atoms with Crippen molar-refractivity contribution in [2.75, 3.05) is 20.8 Å². The fourth-order valence-electron chi connectivity index (χ4n) is 4.09. The van der Waals surface area contributed by atoms with Gasteiger partial charge in [-0.3, -0.25) is 4.79 Å². The lowest BCUT2D eigenvalue weighted by Gasteiger charge is -2.29. The van der Waals surface area contributed by atoms with E-state index >= 15 is 0 Å². The second kappa shape index (κ2) is 12.7. The molecule has 2 atom stereocenters. The average molecular weight is 497 g/mol. The monoisotopic (exact) mass is 496 g/mol. The number of halogens is 1. The maximum Gasteiger partial charge on any atom is 0.306 e. The Bertz CT molecular complexity index is 1110. The highest BCUT2D eigenvalue weighted by molar-refractivity contribution is 5.76. The zero-order chi connectivity index (χ0) is 26.1. The van der Waals surface area contributed by atoms with Gasteiger partial charge in [-0.15, -0.1) is 0 Å². The number of allylic oxidation sites excluding steroid dienone is 2. The van der Waals surface area contributed by atoms with E-state index in [0.29, 0.717) is 43.1 Å². The van der Waals surface area contributed by atoms with E-state index in [0.717, 1.165) is 29.5 Å². The number of rotatable bonds is 12. The summed E-state index contributed by atoms with van der Waals surface area (Å²) >= 11 is 0. The number of carbonyl (C=O) groups is 1. The maximum absolute atomic E-state index is 14.9. The summed E-state index contributed by atoms with van der Waals surface area (Å²) in [5, 5.41) is 0. The SMILES string of the molecule is CCCCOc1cc(COc2cccc([C@H](C)CC(=O)OC)c2)ccc1C1=C(F)C=CC(C)(OC)C1. The Morgan fingerprint density at radius 3 is 2.67 bits per heavy atom. The van der Waals surface area contributed by atoms with Crippen LogP contribution in [0.25, 0.3) is 5.57 Å². The minimum atomic E-state index is -0.566. The molecule has 3 rings (SSSR count). The molecule has 1 aliphatic rings. The van der Waals surface area contributed by atoms with Gasteiger partial charge in [0.25, 0.3) is 0 Å². The lowest BCUT2D eigenvalue weighted by Crippen LogP contribution is -2.27. The summed E-state index contributed by atoms with van der Waals surface area (Å²) < 4.78 is 37.4. The van der Waals surface area contributed by atoms with Crippen molar-refractivity contribution in [3.8, 4) is 11.5 Å². The molecule has 0 heterocycles. The molecule has 2 aromatic carbocycles. The summed E-state index contributed by atoms with van der Waals surface area (Å²) in [4.78, 5) is 11.6. The molecular weight excluding hydrogens is 459 g/mol. The fourth-order valence-corrected chi connectivity index (χ4v) is 4.09. The molecule has 5 nitrogen and oxygen atoms in total. The molecule has 0 N–H and O–H groups in total. The lowest BCUT2D eigenvalue weighted by atomic mass is 9.86. The Morgan fingerprint density at radius 1 is 1.14 bits per heavy atom. The lowest BCUT2D eigenvalue weighted by molar-refractivity contribution is -0.140. The van der Waals surface area contributed by atoms with Gasteiger partial charge in [-0.1, -0.05) is 44.5 Å². The van der Waals surface area contributed by atoms with Gasteiger partial charge in [-0.2, -0.15) is 0 Å². The number of methoxy groups -OCH3 is 2. The van der Waals surface area contributed by atoms with E-state index in [-0.39, 0.29) is 17.7 Å². The first-order valence-electron chi connectivity index (χ1n) is 12.5. The minimum Gasteiger partial charge on any atom is -0.493 e. The summed E-state index contributed by atoms with van der Waals surface area (Å²) in [5.41, 5.74) is 2.67. The van der Waals surface area contributed by atoms with Crippen LogP contribution in [-0.4, -0.2) is 32.4 Å². The van der Waals surface area contributed by atoms with Gasteiger partial charge in [0, 0.05) is 24.7 Å². The van der Waals surface area contributed by atoms with Gasteiger partial charge in [0.1, 0.15) is 23.9 Å². The third kappa shape index (κ3) is 7.20. The van der Waals surface area contributed by atoms with E-state index in [2.05, 4.69) is 6.92 Å². The number of esters is 1. The minimum absolute atomic E-state index is 0.0179. The van der Waals surface area contributed by atoms with Crippen LogP contribution >= 0.6 is 0 Å². The van der Waals surface area contributed by atoms with Crippen LogP contribution in [0.4, 0.5) is 4.39 Å². The van der Waals surface area contributed by atoms with Crippen LogP contribution in [-0.2, 0) is 20.9 Å². The third-order valence-electron chi connectivity index (χ3n) is 6.52. The predicted molar refractivity (Wildman–Crippen MR) is 140 cm³/mol. The number of hydrogen-bond donors (Lipinski definition) is 0. The van der Waals surface area contributed by atoms with Crippen LogP contribution in [0.2, 0.25) is 0 Å². The van der Waals surface area contributed by atoms with Crippen molar-refractivity contribution < 1.29 is 28.1 Å². The van der Waals surface area contributed by atoms with E-state index in [4.69, 9.17) is 18.9 Å². The molecule has 0 radical (unpaired) electrons. The topological polar surface area (TPSA) is 54.0 Å². The van der Waals surface area contributed by atoms with Gasteiger partial charge in [0.15, 0.2) is 0 Å². The number of carbonyl (C=O) groups excluding carboxylic acids is 1. The van der Waals surface area contributed by atoms with Crippen LogP contribution in [0.15, 0.2) is 60.4 Å². The Labute approximate surface area is 213 Å². The van der Waals surface area contributed by atoms with E-state index in [9.17, 15) is 9.18 Å². The molecular formula is C30H37FO5.